The van der Waals surface area contributed by atoms with Crippen LogP contribution in [0.3, 0.4) is 0 Å². The summed E-state index contributed by atoms with van der Waals surface area (Å²) < 4.78 is 0. The maximum Gasteiger partial charge on any atom is 0.211 e. The maximum atomic E-state index is 9.95. The minimum Gasteiger partial charge on any atom is -0.506 e. The van der Waals surface area contributed by atoms with Crippen LogP contribution in [0.1, 0.15) is 0 Å². The molecular formula is C7H6ClNO2. The van der Waals surface area contributed by atoms with Crippen LogP contribution in [0, 0.1) is 0 Å². The molecule has 2 N–H and O–H groups in total. The number of phenols is 1. The molecular weight excluding hydrogens is 166 g/mol. The van der Waals surface area contributed by atoms with E-state index in [2.05, 4.69) is 5.32 Å². The molecule has 58 valence electrons. The van der Waals surface area contributed by atoms with Crippen LogP contribution in [-0.2, 0) is 4.79 Å². The van der Waals surface area contributed by atoms with Crippen molar-refractivity contribution in [1.29, 1.82) is 0 Å². The second-order valence-electron chi connectivity index (χ2n) is 1.93. The molecule has 1 amide bonds. The molecule has 0 unspecified atom stereocenters. The largest absolute Gasteiger partial charge is 0.506 e. The number of nitrogens with one attached hydrogen (secondary N) is 1. The number of carbonyl (C=O) groups excluding carboxylic acids is 1. The Labute approximate surface area is 68.6 Å². The highest BCUT2D eigenvalue weighted by Crippen LogP contribution is 2.25. The molecule has 0 spiro atoms. The molecule has 11 heavy (non-hydrogen) atoms. The Morgan fingerprint density at radius 2 is 2.27 bits per heavy atom. The Hall–Kier alpha value is -1.22. The van der Waals surface area contributed by atoms with Gasteiger partial charge in [0.2, 0.25) is 6.41 Å². The van der Waals surface area contributed by atoms with E-state index < -0.39 is 0 Å². The second kappa shape index (κ2) is 3.25. The van der Waals surface area contributed by atoms with E-state index >= 15 is 0 Å². The lowest BCUT2D eigenvalue weighted by molar-refractivity contribution is -0.105. The van der Waals surface area contributed by atoms with Crippen molar-refractivity contribution < 1.29 is 9.90 Å². The van der Waals surface area contributed by atoms with Crippen LogP contribution in [0.2, 0.25) is 5.02 Å². The van der Waals surface area contributed by atoms with Gasteiger partial charge in [-0.2, -0.15) is 0 Å². The first-order valence-corrected chi connectivity index (χ1v) is 3.30. The molecule has 1 aromatic carbocycles. The van der Waals surface area contributed by atoms with E-state index in [1.807, 2.05) is 0 Å². The van der Waals surface area contributed by atoms with Crippen molar-refractivity contribution in [2.45, 2.75) is 0 Å². The molecule has 0 saturated heterocycles. The summed E-state index contributed by atoms with van der Waals surface area (Å²) in [7, 11) is 0. The fourth-order valence-corrected chi connectivity index (χ4v) is 0.845. The Morgan fingerprint density at radius 3 is 2.82 bits per heavy atom. The number of amides is 1. The Bertz CT molecular complexity index is 275. The molecule has 0 bridgehead atoms. The molecule has 4 heteroatoms. The Kier molecular flexibility index (Phi) is 2.33. The summed E-state index contributed by atoms with van der Waals surface area (Å²) in [4.78, 5) is 9.95. The van der Waals surface area contributed by atoms with Crippen LogP contribution in [0.4, 0.5) is 5.69 Å². The topological polar surface area (TPSA) is 49.3 Å². The fourth-order valence-electron chi connectivity index (χ4n) is 0.665. The number of halogens is 1. The molecule has 3 nitrogen and oxygen atoms in total. The lowest BCUT2D eigenvalue weighted by Gasteiger charge is -1.99. The molecule has 0 aliphatic rings. The summed E-state index contributed by atoms with van der Waals surface area (Å²) in [6.45, 7) is 0. The van der Waals surface area contributed by atoms with Crippen LogP contribution < -0.4 is 5.32 Å². The minimum absolute atomic E-state index is 0.00288. The van der Waals surface area contributed by atoms with E-state index in [1.165, 1.54) is 12.1 Å². The molecule has 0 aliphatic carbocycles. The number of anilines is 1. The fraction of sp³-hybridized carbons (Fsp3) is 0. The molecule has 1 aromatic rings. The Balaban J connectivity index is 2.95. The summed E-state index contributed by atoms with van der Waals surface area (Å²) in [5.74, 6) is 0.00288. The highest BCUT2D eigenvalue weighted by molar-refractivity contribution is 6.32. The van der Waals surface area contributed by atoms with Gasteiger partial charge in [0, 0.05) is 5.69 Å². The second-order valence-corrected chi connectivity index (χ2v) is 2.34. The van der Waals surface area contributed by atoms with Gasteiger partial charge >= 0.3 is 0 Å². The van der Waals surface area contributed by atoms with E-state index in [0.29, 0.717) is 12.1 Å². The van der Waals surface area contributed by atoms with E-state index in [9.17, 15) is 4.79 Å². The summed E-state index contributed by atoms with van der Waals surface area (Å²) in [5, 5.41) is 11.6. The molecule has 0 aliphatic heterocycles. The molecule has 0 fully saturated rings. The summed E-state index contributed by atoms with van der Waals surface area (Å²) >= 11 is 5.54. The Morgan fingerprint density at radius 1 is 1.55 bits per heavy atom. The van der Waals surface area contributed by atoms with Crippen molar-refractivity contribution in [3.05, 3.63) is 23.2 Å². The highest BCUT2D eigenvalue weighted by atomic mass is 35.5. The van der Waals surface area contributed by atoms with E-state index in [1.54, 1.807) is 6.07 Å². The van der Waals surface area contributed by atoms with Gasteiger partial charge in [0.1, 0.15) is 5.75 Å². The average molecular weight is 172 g/mol. The number of hydrogen-bond acceptors (Lipinski definition) is 2. The number of phenolic OH excluding ortho intramolecular Hbond substituents is 1. The normalized spacial score (nSPS) is 9.18. The summed E-state index contributed by atoms with van der Waals surface area (Å²) in [5.41, 5.74) is 0.558. The van der Waals surface area contributed by atoms with Crippen molar-refractivity contribution >= 4 is 23.7 Å². The van der Waals surface area contributed by atoms with Gasteiger partial charge in [0.05, 0.1) is 5.02 Å². The van der Waals surface area contributed by atoms with Gasteiger partial charge in [-0.1, -0.05) is 11.6 Å². The molecule has 0 saturated carbocycles. The predicted molar refractivity (Wildman–Crippen MR) is 42.8 cm³/mol. The lowest BCUT2D eigenvalue weighted by Crippen LogP contribution is -1.92. The zero-order chi connectivity index (χ0) is 8.27. The van der Waals surface area contributed by atoms with Crippen LogP contribution >= 0.6 is 11.6 Å². The minimum atomic E-state index is 0.00288. The van der Waals surface area contributed by atoms with E-state index in [4.69, 9.17) is 16.7 Å². The zero-order valence-electron chi connectivity index (χ0n) is 5.54. The number of benzene rings is 1. The maximum absolute atomic E-state index is 9.95. The average Bonchev–Trinajstić information content (AvgIpc) is 1.98. The van der Waals surface area contributed by atoms with Crippen molar-refractivity contribution in [3.63, 3.8) is 0 Å². The van der Waals surface area contributed by atoms with Gasteiger partial charge in [0.25, 0.3) is 0 Å². The number of hydrogen-bond donors (Lipinski definition) is 2. The standard InChI is InChI=1S/C7H6ClNO2/c8-6-3-5(9-4-10)1-2-7(6)11/h1-4,11H,(H,9,10). The smallest absolute Gasteiger partial charge is 0.211 e. The molecule has 0 heterocycles. The van der Waals surface area contributed by atoms with Gasteiger partial charge in [0.15, 0.2) is 0 Å². The molecule has 1 rings (SSSR count). The van der Waals surface area contributed by atoms with Crippen molar-refractivity contribution in [3.8, 4) is 5.75 Å². The third-order valence-corrected chi connectivity index (χ3v) is 1.48. The quantitative estimate of drug-likeness (QED) is 0.525. The molecule has 0 atom stereocenters. The monoisotopic (exact) mass is 171 g/mol. The molecule has 0 radical (unpaired) electrons. The highest BCUT2D eigenvalue weighted by Gasteiger charge is 1.97. The number of aromatic hydroxyl groups is 1. The van der Waals surface area contributed by atoms with Gasteiger partial charge < -0.3 is 10.4 Å². The molecule has 0 aromatic heterocycles. The van der Waals surface area contributed by atoms with Crippen molar-refractivity contribution in [2.24, 2.45) is 0 Å². The lowest BCUT2D eigenvalue weighted by atomic mass is 10.3. The van der Waals surface area contributed by atoms with Gasteiger partial charge in [-0.25, -0.2) is 0 Å². The zero-order valence-corrected chi connectivity index (χ0v) is 6.30. The number of rotatable bonds is 2. The first-order chi connectivity index (χ1) is 5.24. The number of carbonyl (C=O) groups is 1. The van der Waals surface area contributed by atoms with E-state index in [-0.39, 0.29) is 10.8 Å². The SMILES string of the molecule is O=CNc1ccc(O)c(Cl)c1. The van der Waals surface area contributed by atoms with Gasteiger partial charge in [-0.15, -0.1) is 0 Å². The first kappa shape index (κ1) is 7.88. The van der Waals surface area contributed by atoms with Crippen LogP contribution in [0.25, 0.3) is 0 Å². The van der Waals surface area contributed by atoms with Gasteiger partial charge in [-0.05, 0) is 18.2 Å². The van der Waals surface area contributed by atoms with Crippen LogP contribution in [0.5, 0.6) is 5.75 Å². The third-order valence-electron chi connectivity index (χ3n) is 1.17. The predicted octanol–water partition coefficient (Wildman–Crippen LogP) is 1.61. The summed E-state index contributed by atoms with van der Waals surface area (Å²) in [6.07, 6.45) is 0.544. The van der Waals surface area contributed by atoms with Gasteiger partial charge in [-0.3, -0.25) is 4.79 Å². The van der Waals surface area contributed by atoms with E-state index in [0.717, 1.165) is 0 Å². The van der Waals surface area contributed by atoms with Crippen LogP contribution in [-0.4, -0.2) is 11.5 Å². The van der Waals surface area contributed by atoms with Crippen LogP contribution in [0.15, 0.2) is 18.2 Å². The summed E-state index contributed by atoms with van der Waals surface area (Å²) in [6, 6.07) is 4.43. The van der Waals surface area contributed by atoms with Crippen molar-refractivity contribution in [1.82, 2.24) is 0 Å². The first-order valence-electron chi connectivity index (χ1n) is 2.93. The van der Waals surface area contributed by atoms with Crippen molar-refractivity contribution in [2.75, 3.05) is 5.32 Å². The third kappa shape index (κ3) is 1.85.